The van der Waals surface area contributed by atoms with Crippen molar-refractivity contribution in [1.29, 1.82) is 0 Å². The second-order valence-corrected chi connectivity index (χ2v) is 5.11. The minimum Gasteiger partial charge on any atom is -0.463 e. The minimum atomic E-state index is 0.0793. The van der Waals surface area contributed by atoms with Gasteiger partial charge in [0.25, 0.3) is 0 Å². The molecule has 2 rings (SSSR count). The van der Waals surface area contributed by atoms with Gasteiger partial charge in [-0.1, -0.05) is 18.5 Å². The maximum Gasteiger partial charge on any atom is 0.321 e. The number of hydrogen-bond acceptors (Lipinski definition) is 6. The summed E-state index contributed by atoms with van der Waals surface area (Å²) < 4.78 is 5.33. The molecule has 0 saturated heterocycles. The molecule has 2 aromatic heterocycles. The molecule has 0 N–H and O–H groups in total. The van der Waals surface area contributed by atoms with Crippen molar-refractivity contribution < 1.29 is 4.74 Å². The zero-order chi connectivity index (χ0) is 13.7. The fraction of sp³-hybridized carbons (Fsp3) is 0.273. The fourth-order valence-electron chi connectivity index (χ4n) is 1.15. The number of rotatable bonds is 5. The molecule has 0 spiro atoms. The Hall–Kier alpha value is -1.11. The van der Waals surface area contributed by atoms with Crippen LogP contribution in [0.5, 0.6) is 6.01 Å². The molecule has 0 aliphatic carbocycles. The summed E-state index contributed by atoms with van der Waals surface area (Å²) in [6, 6.07) is 3.70. The molecule has 0 bridgehead atoms. The first-order valence-electron chi connectivity index (χ1n) is 5.51. The summed E-state index contributed by atoms with van der Waals surface area (Å²) in [5.41, 5.74) is 0. The van der Waals surface area contributed by atoms with Crippen LogP contribution < -0.4 is 4.74 Å². The summed E-state index contributed by atoms with van der Waals surface area (Å²) in [5.74, 6) is 0. The Kier molecular flexibility index (Phi) is 5.18. The summed E-state index contributed by atoms with van der Waals surface area (Å²) in [6.07, 6.45) is 2.50. The van der Waals surface area contributed by atoms with E-state index >= 15 is 0 Å². The van der Waals surface area contributed by atoms with Crippen molar-refractivity contribution in [3.8, 4) is 6.01 Å². The highest BCUT2D eigenvalue weighted by Gasteiger charge is 2.10. The first-order chi connectivity index (χ1) is 9.19. The quantitative estimate of drug-likeness (QED) is 0.841. The van der Waals surface area contributed by atoms with Crippen LogP contribution in [0.3, 0.4) is 0 Å². The molecule has 0 saturated carbocycles. The van der Waals surface area contributed by atoms with Crippen molar-refractivity contribution in [3.63, 3.8) is 0 Å². The van der Waals surface area contributed by atoms with Crippen molar-refractivity contribution in [3.05, 3.63) is 28.6 Å². The Morgan fingerprint density at radius 3 is 2.84 bits per heavy atom. The Morgan fingerprint density at radius 2 is 2.11 bits per heavy atom. The molecular formula is C11H10Cl2N4OS. The van der Waals surface area contributed by atoms with Gasteiger partial charge in [0.1, 0.15) is 5.03 Å². The Morgan fingerprint density at radius 1 is 1.26 bits per heavy atom. The molecule has 2 heterocycles. The largest absolute Gasteiger partial charge is 0.463 e. The van der Waals surface area contributed by atoms with Crippen LogP contribution in [-0.4, -0.2) is 26.5 Å². The van der Waals surface area contributed by atoms with Crippen LogP contribution in [0, 0.1) is 0 Å². The third-order valence-electron chi connectivity index (χ3n) is 1.92. The summed E-state index contributed by atoms with van der Waals surface area (Å²) >= 11 is 13.1. The molecule has 0 aromatic carbocycles. The molecule has 19 heavy (non-hydrogen) atoms. The smallest absolute Gasteiger partial charge is 0.321 e. The predicted octanol–water partition coefficient (Wildman–Crippen LogP) is 3.51. The van der Waals surface area contributed by atoms with E-state index in [1.807, 2.05) is 6.92 Å². The molecule has 0 aliphatic heterocycles. The third-order valence-corrected chi connectivity index (χ3v) is 3.38. The Labute approximate surface area is 124 Å². The molecule has 0 amide bonds. The molecule has 0 aliphatic rings. The summed E-state index contributed by atoms with van der Waals surface area (Å²) in [7, 11) is 0. The van der Waals surface area contributed by atoms with Gasteiger partial charge in [-0.3, -0.25) is 0 Å². The maximum atomic E-state index is 6.02. The number of aromatic nitrogens is 4. The van der Waals surface area contributed by atoms with Crippen molar-refractivity contribution in [1.82, 2.24) is 19.9 Å². The van der Waals surface area contributed by atoms with E-state index < -0.39 is 0 Å². The highest BCUT2D eigenvalue weighted by atomic mass is 35.5. The number of pyridine rings is 1. The minimum absolute atomic E-state index is 0.0793. The summed E-state index contributed by atoms with van der Waals surface area (Å²) in [4.78, 5) is 16.2. The topological polar surface area (TPSA) is 60.8 Å². The molecule has 8 heteroatoms. The first kappa shape index (κ1) is 14.3. The highest BCUT2D eigenvalue weighted by Crippen LogP contribution is 2.29. The lowest BCUT2D eigenvalue weighted by Gasteiger charge is -2.05. The standard InChI is InChI=1S/C11H10Cl2N4OS/c1-2-6-18-10-15-9(13)16-11(17-10)19-8-7(12)4-3-5-14-8/h3-5H,2,6H2,1H3. The van der Waals surface area contributed by atoms with E-state index in [-0.39, 0.29) is 11.3 Å². The molecule has 0 fully saturated rings. The zero-order valence-corrected chi connectivity index (χ0v) is 12.3. The SMILES string of the molecule is CCCOc1nc(Cl)nc(Sc2ncccc2Cl)n1. The van der Waals surface area contributed by atoms with Gasteiger partial charge in [-0.15, -0.1) is 0 Å². The van der Waals surface area contributed by atoms with Gasteiger partial charge in [0.05, 0.1) is 11.6 Å². The summed E-state index contributed by atoms with van der Waals surface area (Å²) in [6.45, 7) is 2.51. The number of halogens is 2. The number of nitrogens with zero attached hydrogens (tertiary/aromatic N) is 4. The molecule has 0 radical (unpaired) electrons. The molecule has 100 valence electrons. The first-order valence-corrected chi connectivity index (χ1v) is 7.09. The van der Waals surface area contributed by atoms with E-state index in [2.05, 4.69) is 19.9 Å². The zero-order valence-electron chi connectivity index (χ0n) is 10.0. The lowest BCUT2D eigenvalue weighted by molar-refractivity contribution is 0.288. The van der Waals surface area contributed by atoms with Crippen molar-refractivity contribution >= 4 is 35.0 Å². The Bertz CT molecular complexity index is 570. The van der Waals surface area contributed by atoms with Crippen LogP contribution in [0.2, 0.25) is 10.3 Å². The van der Waals surface area contributed by atoms with Crippen LogP contribution in [-0.2, 0) is 0 Å². The average Bonchev–Trinajstić information content (AvgIpc) is 2.38. The van der Waals surface area contributed by atoms with Crippen LogP contribution in [0.1, 0.15) is 13.3 Å². The van der Waals surface area contributed by atoms with Crippen molar-refractivity contribution in [2.45, 2.75) is 23.5 Å². The van der Waals surface area contributed by atoms with Gasteiger partial charge < -0.3 is 4.74 Å². The molecule has 2 aromatic rings. The average molecular weight is 317 g/mol. The van der Waals surface area contributed by atoms with E-state index in [9.17, 15) is 0 Å². The fourth-order valence-corrected chi connectivity index (χ4v) is 2.30. The van der Waals surface area contributed by atoms with Gasteiger partial charge in [-0.05, 0) is 41.9 Å². The molecule has 0 unspecified atom stereocenters. The van der Waals surface area contributed by atoms with E-state index in [4.69, 9.17) is 27.9 Å². The van der Waals surface area contributed by atoms with E-state index in [1.54, 1.807) is 18.3 Å². The lowest BCUT2D eigenvalue weighted by Crippen LogP contribution is -2.02. The molecule has 0 atom stereocenters. The van der Waals surface area contributed by atoms with Gasteiger partial charge in [0, 0.05) is 6.20 Å². The number of hydrogen-bond donors (Lipinski definition) is 0. The van der Waals surface area contributed by atoms with Gasteiger partial charge in [-0.25, -0.2) is 4.98 Å². The van der Waals surface area contributed by atoms with Gasteiger partial charge >= 0.3 is 6.01 Å². The normalized spacial score (nSPS) is 10.5. The van der Waals surface area contributed by atoms with Crippen LogP contribution in [0.15, 0.2) is 28.5 Å². The van der Waals surface area contributed by atoms with Gasteiger partial charge in [0.15, 0.2) is 0 Å². The summed E-state index contributed by atoms with van der Waals surface area (Å²) in [5, 5.41) is 1.61. The monoisotopic (exact) mass is 316 g/mol. The van der Waals surface area contributed by atoms with E-state index in [1.165, 1.54) is 11.8 Å². The second-order valence-electron chi connectivity index (χ2n) is 3.41. The van der Waals surface area contributed by atoms with Crippen LogP contribution in [0.25, 0.3) is 0 Å². The highest BCUT2D eigenvalue weighted by molar-refractivity contribution is 7.99. The second kappa shape index (κ2) is 6.88. The van der Waals surface area contributed by atoms with Crippen LogP contribution in [0.4, 0.5) is 0 Å². The Balaban J connectivity index is 2.20. The van der Waals surface area contributed by atoms with Crippen LogP contribution >= 0.6 is 35.0 Å². The van der Waals surface area contributed by atoms with Gasteiger partial charge in [-0.2, -0.15) is 15.0 Å². The maximum absolute atomic E-state index is 6.02. The number of ether oxygens (including phenoxy) is 1. The van der Waals surface area contributed by atoms with Crippen molar-refractivity contribution in [2.24, 2.45) is 0 Å². The van der Waals surface area contributed by atoms with Crippen molar-refractivity contribution in [2.75, 3.05) is 6.61 Å². The third kappa shape index (κ3) is 4.19. The predicted molar refractivity (Wildman–Crippen MR) is 74.0 cm³/mol. The van der Waals surface area contributed by atoms with Gasteiger partial charge in [0.2, 0.25) is 10.4 Å². The van der Waals surface area contributed by atoms with E-state index in [0.29, 0.717) is 21.8 Å². The molecular weight excluding hydrogens is 307 g/mol. The molecule has 5 nitrogen and oxygen atoms in total. The lowest BCUT2D eigenvalue weighted by atomic mass is 10.5. The van der Waals surface area contributed by atoms with E-state index in [0.717, 1.165) is 6.42 Å².